The monoisotopic (exact) mass is 295 g/mol. The number of rotatable bonds is 2. The second kappa shape index (κ2) is 4.67. The number of hydrogen-bond acceptors (Lipinski definition) is 7. The lowest BCUT2D eigenvalue weighted by Gasteiger charge is -2.05. The molecule has 21 heavy (non-hydrogen) atoms. The molecule has 0 unspecified atom stereocenters. The third-order valence-electron chi connectivity index (χ3n) is 2.97. The first-order valence-corrected chi connectivity index (χ1v) is 6.97. The third kappa shape index (κ3) is 2.05. The summed E-state index contributed by atoms with van der Waals surface area (Å²) in [5.41, 5.74) is 7.91. The van der Waals surface area contributed by atoms with Gasteiger partial charge >= 0.3 is 0 Å². The first kappa shape index (κ1) is 12.0. The van der Waals surface area contributed by atoms with Crippen molar-refractivity contribution in [2.75, 3.05) is 5.73 Å². The van der Waals surface area contributed by atoms with Gasteiger partial charge in [-0.3, -0.25) is 0 Å². The van der Waals surface area contributed by atoms with Crippen LogP contribution in [0.15, 0.2) is 47.0 Å². The summed E-state index contributed by atoms with van der Waals surface area (Å²) in [5.74, 6) is 0.190. The van der Waals surface area contributed by atoms with Gasteiger partial charge in [0, 0.05) is 5.39 Å². The normalized spacial score (nSPS) is 11.2. The zero-order chi connectivity index (χ0) is 14.2. The molecule has 4 aromatic rings. The number of nitrogens with two attached hydrogens (primary N) is 1. The van der Waals surface area contributed by atoms with Crippen molar-refractivity contribution in [3.8, 4) is 0 Å². The van der Waals surface area contributed by atoms with Crippen LogP contribution in [0.4, 0.5) is 5.95 Å². The molecule has 0 radical (unpaired) electrons. The Labute approximate surface area is 123 Å². The minimum absolute atomic E-state index is 0.190. The largest absolute Gasteiger partial charge is 0.368 e. The van der Waals surface area contributed by atoms with Crippen molar-refractivity contribution in [3.63, 3.8) is 0 Å². The van der Waals surface area contributed by atoms with Crippen LogP contribution in [-0.2, 0) is 0 Å². The summed E-state index contributed by atoms with van der Waals surface area (Å²) >= 11 is 1.41. The molecule has 0 fully saturated rings. The lowest BCUT2D eigenvalue weighted by atomic mass is 10.2. The summed E-state index contributed by atoms with van der Waals surface area (Å²) in [7, 11) is 0. The highest BCUT2D eigenvalue weighted by Crippen LogP contribution is 2.32. The molecule has 0 spiro atoms. The van der Waals surface area contributed by atoms with Gasteiger partial charge in [0.15, 0.2) is 5.65 Å². The van der Waals surface area contributed by atoms with Crippen LogP contribution < -0.4 is 5.73 Å². The number of aromatic amines is 1. The average molecular weight is 295 g/mol. The molecule has 102 valence electrons. The maximum Gasteiger partial charge on any atom is 0.223 e. The van der Waals surface area contributed by atoms with E-state index in [9.17, 15) is 0 Å². The number of imidazole rings is 1. The summed E-state index contributed by atoms with van der Waals surface area (Å²) in [5, 5.41) is 2.48. The highest BCUT2D eigenvalue weighted by molar-refractivity contribution is 7.99. The standard InChI is InChI=1S/C13H9N7S/c14-13-19-10-9(16-6-17-10)12(20-13)21-11-7-3-1-2-4-8(7)15-5-18-11/h1-6H,(H3,14,16,17,19,20). The number of nitrogens with one attached hydrogen (secondary N) is 1. The minimum Gasteiger partial charge on any atom is -0.368 e. The van der Waals surface area contributed by atoms with Gasteiger partial charge in [0.25, 0.3) is 0 Å². The van der Waals surface area contributed by atoms with E-state index in [0.29, 0.717) is 10.7 Å². The van der Waals surface area contributed by atoms with Crippen LogP contribution in [0.5, 0.6) is 0 Å². The van der Waals surface area contributed by atoms with Crippen LogP contribution in [0, 0.1) is 0 Å². The zero-order valence-electron chi connectivity index (χ0n) is 10.7. The molecule has 0 atom stereocenters. The van der Waals surface area contributed by atoms with E-state index in [4.69, 9.17) is 5.73 Å². The summed E-state index contributed by atoms with van der Waals surface area (Å²) < 4.78 is 0. The number of nitrogen functional groups attached to an aromatic ring is 1. The number of para-hydroxylation sites is 1. The predicted octanol–water partition coefficient (Wildman–Crippen LogP) is 2.03. The van der Waals surface area contributed by atoms with Gasteiger partial charge in [-0.05, 0) is 17.8 Å². The number of anilines is 1. The Bertz CT molecular complexity index is 944. The number of aromatic nitrogens is 6. The Hall–Kier alpha value is -2.74. The topological polar surface area (TPSA) is 106 Å². The number of H-pyrrole nitrogens is 1. The molecule has 3 aromatic heterocycles. The van der Waals surface area contributed by atoms with Crippen molar-refractivity contribution in [1.82, 2.24) is 29.9 Å². The fourth-order valence-electron chi connectivity index (χ4n) is 2.05. The quantitative estimate of drug-likeness (QED) is 0.545. The second-order valence-corrected chi connectivity index (χ2v) is 5.26. The maximum absolute atomic E-state index is 5.73. The van der Waals surface area contributed by atoms with Gasteiger partial charge in [0.1, 0.15) is 21.9 Å². The molecule has 3 heterocycles. The van der Waals surface area contributed by atoms with Crippen molar-refractivity contribution in [1.29, 1.82) is 0 Å². The molecule has 0 aliphatic heterocycles. The smallest absolute Gasteiger partial charge is 0.223 e. The average Bonchev–Trinajstić information content (AvgIpc) is 2.96. The van der Waals surface area contributed by atoms with Gasteiger partial charge < -0.3 is 10.7 Å². The third-order valence-corrected chi connectivity index (χ3v) is 3.98. The molecule has 8 heteroatoms. The van der Waals surface area contributed by atoms with Crippen molar-refractivity contribution >= 4 is 39.8 Å². The van der Waals surface area contributed by atoms with Crippen molar-refractivity contribution in [3.05, 3.63) is 36.9 Å². The van der Waals surface area contributed by atoms with Crippen LogP contribution in [0.1, 0.15) is 0 Å². The van der Waals surface area contributed by atoms with E-state index in [1.54, 1.807) is 12.7 Å². The molecular weight excluding hydrogens is 286 g/mol. The highest BCUT2D eigenvalue weighted by Gasteiger charge is 2.12. The van der Waals surface area contributed by atoms with E-state index in [0.717, 1.165) is 21.4 Å². The van der Waals surface area contributed by atoms with Crippen LogP contribution in [0.25, 0.3) is 22.1 Å². The molecule has 0 aliphatic carbocycles. The lowest BCUT2D eigenvalue weighted by Crippen LogP contribution is -1.97. The van der Waals surface area contributed by atoms with Gasteiger partial charge in [0.05, 0.1) is 11.8 Å². The summed E-state index contributed by atoms with van der Waals surface area (Å²) in [6.45, 7) is 0. The number of nitrogens with zero attached hydrogens (tertiary/aromatic N) is 5. The predicted molar refractivity (Wildman–Crippen MR) is 79.8 cm³/mol. The summed E-state index contributed by atoms with van der Waals surface area (Å²) in [6.07, 6.45) is 3.11. The molecular formula is C13H9N7S. The molecule has 0 aliphatic rings. The molecule has 0 amide bonds. The second-order valence-electron chi connectivity index (χ2n) is 4.29. The molecule has 3 N–H and O–H groups in total. The fraction of sp³-hybridized carbons (Fsp3) is 0. The lowest BCUT2D eigenvalue weighted by molar-refractivity contribution is 1.07. The summed E-state index contributed by atoms with van der Waals surface area (Å²) in [4.78, 5) is 24.1. The zero-order valence-corrected chi connectivity index (χ0v) is 11.5. The minimum atomic E-state index is 0.190. The van der Waals surface area contributed by atoms with Crippen molar-refractivity contribution < 1.29 is 0 Å². The Morgan fingerprint density at radius 2 is 1.90 bits per heavy atom. The SMILES string of the molecule is Nc1nc(Sc2ncnc3ccccc23)c2[nH]cnc2n1. The first-order chi connectivity index (χ1) is 10.3. The number of hydrogen-bond donors (Lipinski definition) is 2. The van der Waals surface area contributed by atoms with E-state index < -0.39 is 0 Å². The Morgan fingerprint density at radius 3 is 2.86 bits per heavy atom. The van der Waals surface area contributed by atoms with Crippen LogP contribution in [0.3, 0.4) is 0 Å². The summed E-state index contributed by atoms with van der Waals surface area (Å²) in [6, 6.07) is 7.82. The Kier molecular flexibility index (Phi) is 2.68. The van der Waals surface area contributed by atoms with E-state index in [1.165, 1.54) is 11.8 Å². The van der Waals surface area contributed by atoms with E-state index in [2.05, 4.69) is 29.9 Å². The number of benzene rings is 1. The van der Waals surface area contributed by atoms with E-state index >= 15 is 0 Å². The Morgan fingerprint density at radius 1 is 1.00 bits per heavy atom. The molecule has 0 saturated heterocycles. The van der Waals surface area contributed by atoms with Gasteiger partial charge in [-0.1, -0.05) is 18.2 Å². The van der Waals surface area contributed by atoms with Gasteiger partial charge in [0.2, 0.25) is 5.95 Å². The Balaban J connectivity index is 1.89. The highest BCUT2D eigenvalue weighted by atomic mass is 32.2. The molecule has 0 saturated carbocycles. The molecule has 7 nitrogen and oxygen atoms in total. The molecule has 1 aromatic carbocycles. The van der Waals surface area contributed by atoms with Crippen LogP contribution in [0.2, 0.25) is 0 Å². The van der Waals surface area contributed by atoms with E-state index in [-0.39, 0.29) is 5.95 Å². The van der Waals surface area contributed by atoms with Crippen molar-refractivity contribution in [2.45, 2.75) is 10.1 Å². The molecule has 4 rings (SSSR count). The van der Waals surface area contributed by atoms with Crippen molar-refractivity contribution in [2.24, 2.45) is 0 Å². The molecule has 0 bridgehead atoms. The fourth-order valence-corrected chi connectivity index (χ4v) is 3.01. The van der Waals surface area contributed by atoms with Gasteiger partial charge in [-0.25, -0.2) is 19.9 Å². The number of fused-ring (bicyclic) bond motifs is 2. The van der Waals surface area contributed by atoms with Crippen LogP contribution >= 0.6 is 11.8 Å². The maximum atomic E-state index is 5.73. The van der Waals surface area contributed by atoms with Gasteiger partial charge in [-0.15, -0.1) is 0 Å². The van der Waals surface area contributed by atoms with E-state index in [1.807, 2.05) is 24.3 Å². The van der Waals surface area contributed by atoms with Crippen LogP contribution in [-0.4, -0.2) is 29.9 Å². The first-order valence-electron chi connectivity index (χ1n) is 6.15. The van der Waals surface area contributed by atoms with Gasteiger partial charge in [-0.2, -0.15) is 4.98 Å².